The minimum atomic E-state index is 0. The second-order valence-corrected chi connectivity index (χ2v) is 5.97. The average molecular weight is 313 g/mol. The lowest BCUT2D eigenvalue weighted by Crippen LogP contribution is -2.19. The Kier molecular flexibility index (Phi) is 10.0. The number of unbranched alkanes of at least 4 members (excludes halogenated alkanes) is 3. The van der Waals surface area contributed by atoms with Gasteiger partial charge in [-0.2, -0.15) is 0 Å². The third kappa shape index (κ3) is 6.98. The highest BCUT2D eigenvalue weighted by Gasteiger charge is 2.12. The van der Waals surface area contributed by atoms with Crippen molar-refractivity contribution in [2.24, 2.45) is 0 Å². The normalized spacial score (nSPS) is 10.5. The summed E-state index contributed by atoms with van der Waals surface area (Å²) in [4.78, 5) is 0. The highest BCUT2D eigenvalue weighted by molar-refractivity contribution is 5.32. The lowest BCUT2D eigenvalue weighted by molar-refractivity contribution is 0.569. The van der Waals surface area contributed by atoms with E-state index in [0.29, 0.717) is 5.92 Å². The highest BCUT2D eigenvalue weighted by atomic mass is 16.0. The SMILES string of the molecule is CCCCCCNCCC(c1ccccc1)c1ccccc1.O. The summed E-state index contributed by atoms with van der Waals surface area (Å²) >= 11 is 0. The molecule has 0 heterocycles. The van der Waals surface area contributed by atoms with E-state index in [1.165, 1.54) is 36.8 Å². The zero-order chi connectivity index (χ0) is 15.5. The fourth-order valence-electron chi connectivity index (χ4n) is 2.94. The van der Waals surface area contributed by atoms with E-state index >= 15 is 0 Å². The molecule has 2 aromatic carbocycles. The van der Waals surface area contributed by atoms with E-state index in [4.69, 9.17) is 0 Å². The molecular formula is C21H31NO. The topological polar surface area (TPSA) is 43.5 Å². The molecular weight excluding hydrogens is 282 g/mol. The van der Waals surface area contributed by atoms with E-state index in [-0.39, 0.29) is 5.48 Å². The van der Waals surface area contributed by atoms with Gasteiger partial charge < -0.3 is 10.8 Å². The molecule has 0 aliphatic rings. The first-order valence-electron chi connectivity index (χ1n) is 8.72. The van der Waals surface area contributed by atoms with Crippen LogP contribution in [0.4, 0.5) is 0 Å². The van der Waals surface area contributed by atoms with Gasteiger partial charge in [0.15, 0.2) is 0 Å². The van der Waals surface area contributed by atoms with Crippen molar-refractivity contribution in [3.05, 3.63) is 71.8 Å². The minimum Gasteiger partial charge on any atom is -0.412 e. The molecule has 0 fully saturated rings. The third-order valence-corrected chi connectivity index (χ3v) is 4.22. The van der Waals surface area contributed by atoms with Gasteiger partial charge in [-0.3, -0.25) is 0 Å². The highest BCUT2D eigenvalue weighted by Crippen LogP contribution is 2.27. The molecule has 23 heavy (non-hydrogen) atoms. The zero-order valence-electron chi connectivity index (χ0n) is 14.3. The van der Waals surface area contributed by atoms with E-state index < -0.39 is 0 Å². The summed E-state index contributed by atoms with van der Waals surface area (Å²) in [7, 11) is 0. The molecule has 0 spiro atoms. The summed E-state index contributed by atoms with van der Waals surface area (Å²) in [5, 5.41) is 3.61. The lowest BCUT2D eigenvalue weighted by Gasteiger charge is -2.18. The summed E-state index contributed by atoms with van der Waals surface area (Å²) in [6, 6.07) is 21.8. The van der Waals surface area contributed by atoms with Crippen LogP contribution in [0.25, 0.3) is 0 Å². The Labute approximate surface area is 141 Å². The molecule has 126 valence electrons. The van der Waals surface area contributed by atoms with Crippen LogP contribution < -0.4 is 5.32 Å². The Bertz CT molecular complexity index is 458. The van der Waals surface area contributed by atoms with Gasteiger partial charge in [-0.15, -0.1) is 0 Å². The van der Waals surface area contributed by atoms with Crippen molar-refractivity contribution in [3.63, 3.8) is 0 Å². The molecule has 0 aliphatic carbocycles. The van der Waals surface area contributed by atoms with Gasteiger partial charge in [0, 0.05) is 5.92 Å². The monoisotopic (exact) mass is 313 g/mol. The van der Waals surface area contributed by atoms with Crippen molar-refractivity contribution in [2.45, 2.75) is 44.9 Å². The first-order valence-corrected chi connectivity index (χ1v) is 8.72. The van der Waals surface area contributed by atoms with Crippen LogP contribution in [0.1, 0.15) is 56.1 Å². The van der Waals surface area contributed by atoms with Gasteiger partial charge in [0.25, 0.3) is 0 Å². The fourth-order valence-corrected chi connectivity index (χ4v) is 2.94. The van der Waals surface area contributed by atoms with Crippen LogP contribution >= 0.6 is 0 Å². The minimum absolute atomic E-state index is 0. The molecule has 0 atom stereocenters. The Hall–Kier alpha value is -1.64. The first-order chi connectivity index (χ1) is 10.9. The predicted molar refractivity (Wildman–Crippen MR) is 100.0 cm³/mol. The molecule has 2 nitrogen and oxygen atoms in total. The van der Waals surface area contributed by atoms with Gasteiger partial charge in [0.2, 0.25) is 0 Å². The number of hydrogen-bond acceptors (Lipinski definition) is 1. The molecule has 0 radical (unpaired) electrons. The summed E-state index contributed by atoms with van der Waals surface area (Å²) in [5.41, 5.74) is 2.84. The maximum absolute atomic E-state index is 3.61. The van der Waals surface area contributed by atoms with Gasteiger partial charge in [0.1, 0.15) is 0 Å². The second-order valence-electron chi connectivity index (χ2n) is 5.97. The van der Waals surface area contributed by atoms with Gasteiger partial charge in [-0.25, -0.2) is 0 Å². The molecule has 2 aromatic rings. The van der Waals surface area contributed by atoms with Gasteiger partial charge in [-0.05, 0) is 37.1 Å². The summed E-state index contributed by atoms with van der Waals surface area (Å²) in [6.45, 7) is 4.49. The third-order valence-electron chi connectivity index (χ3n) is 4.22. The van der Waals surface area contributed by atoms with Crippen molar-refractivity contribution in [3.8, 4) is 0 Å². The standard InChI is InChI=1S/C21H29N.H2O/c1-2-3-4-11-17-22-18-16-21(19-12-7-5-8-13-19)20-14-9-6-10-15-20;/h5-10,12-15,21-22H,2-4,11,16-18H2,1H3;1H2. The fraction of sp³-hybridized carbons (Fsp3) is 0.429. The molecule has 3 N–H and O–H groups in total. The Morgan fingerprint density at radius 3 is 1.83 bits per heavy atom. The Balaban J connectivity index is 0.00000264. The summed E-state index contributed by atoms with van der Waals surface area (Å²) in [5.74, 6) is 0.491. The maximum atomic E-state index is 3.61. The molecule has 0 aliphatic heterocycles. The number of rotatable bonds is 10. The first kappa shape index (κ1) is 19.4. The zero-order valence-corrected chi connectivity index (χ0v) is 14.3. The molecule has 2 heteroatoms. The molecule has 0 amide bonds. The average Bonchev–Trinajstić information content (AvgIpc) is 2.59. The molecule has 0 unspecified atom stereocenters. The predicted octanol–water partition coefficient (Wildman–Crippen LogP) is 4.55. The van der Waals surface area contributed by atoms with E-state index in [2.05, 4.69) is 72.9 Å². The van der Waals surface area contributed by atoms with Gasteiger partial charge in [0.05, 0.1) is 0 Å². The second kappa shape index (κ2) is 11.9. The van der Waals surface area contributed by atoms with Crippen molar-refractivity contribution < 1.29 is 5.48 Å². The van der Waals surface area contributed by atoms with Crippen LogP contribution in [-0.4, -0.2) is 18.6 Å². The van der Waals surface area contributed by atoms with Gasteiger partial charge in [-0.1, -0.05) is 86.8 Å². The van der Waals surface area contributed by atoms with Crippen molar-refractivity contribution in [1.29, 1.82) is 0 Å². The van der Waals surface area contributed by atoms with Crippen LogP contribution in [0.5, 0.6) is 0 Å². The quantitative estimate of drug-likeness (QED) is 0.642. The summed E-state index contributed by atoms with van der Waals surface area (Å²) < 4.78 is 0. The van der Waals surface area contributed by atoms with Crippen LogP contribution in [0.2, 0.25) is 0 Å². The molecule has 0 saturated heterocycles. The largest absolute Gasteiger partial charge is 0.412 e. The summed E-state index contributed by atoms with van der Waals surface area (Å²) in [6.07, 6.45) is 6.48. The molecule has 0 aromatic heterocycles. The van der Waals surface area contributed by atoms with Crippen molar-refractivity contribution in [2.75, 3.05) is 13.1 Å². The Morgan fingerprint density at radius 2 is 1.30 bits per heavy atom. The van der Waals surface area contributed by atoms with E-state index in [0.717, 1.165) is 19.5 Å². The molecule has 2 rings (SSSR count). The van der Waals surface area contributed by atoms with Crippen LogP contribution in [0, 0.1) is 0 Å². The van der Waals surface area contributed by atoms with E-state index in [9.17, 15) is 0 Å². The van der Waals surface area contributed by atoms with Crippen molar-refractivity contribution in [1.82, 2.24) is 5.32 Å². The van der Waals surface area contributed by atoms with Crippen LogP contribution in [0.3, 0.4) is 0 Å². The number of nitrogens with one attached hydrogen (secondary N) is 1. The number of hydrogen-bond donors (Lipinski definition) is 1. The van der Waals surface area contributed by atoms with E-state index in [1.54, 1.807) is 0 Å². The van der Waals surface area contributed by atoms with Crippen molar-refractivity contribution >= 4 is 0 Å². The number of benzene rings is 2. The Morgan fingerprint density at radius 1 is 0.739 bits per heavy atom. The molecule has 0 saturated carbocycles. The van der Waals surface area contributed by atoms with Gasteiger partial charge >= 0.3 is 0 Å². The van der Waals surface area contributed by atoms with E-state index in [1.807, 2.05) is 0 Å². The lowest BCUT2D eigenvalue weighted by atomic mass is 9.88. The maximum Gasteiger partial charge on any atom is 0.0101 e. The van der Waals surface area contributed by atoms with Crippen LogP contribution in [0.15, 0.2) is 60.7 Å². The smallest absolute Gasteiger partial charge is 0.0101 e. The van der Waals surface area contributed by atoms with Crippen LogP contribution in [-0.2, 0) is 0 Å². The molecule has 0 bridgehead atoms.